The van der Waals surface area contributed by atoms with Gasteiger partial charge in [-0.3, -0.25) is 0 Å². The van der Waals surface area contributed by atoms with Crippen LogP contribution in [0.1, 0.15) is 0 Å². The summed E-state index contributed by atoms with van der Waals surface area (Å²) in [5.41, 5.74) is 11.0. The number of nitrogens with zero attached hydrogens (tertiary/aromatic N) is 6. The van der Waals surface area contributed by atoms with Crippen LogP contribution in [0.25, 0.3) is 117 Å². The highest BCUT2D eigenvalue weighted by Crippen LogP contribution is 2.50. The molecular weight excluding hydrogens is 807 g/mol. The predicted octanol–water partition coefficient (Wildman–Crippen LogP) is 14.4. The summed E-state index contributed by atoms with van der Waals surface area (Å²) in [6.45, 7) is 0. The number of hydrogen-bond acceptors (Lipinski definition) is 3. The van der Waals surface area contributed by atoms with Gasteiger partial charge in [-0.15, -0.1) is 0 Å². The van der Waals surface area contributed by atoms with E-state index in [4.69, 9.17) is 15.0 Å². The maximum atomic E-state index is 15.4. The third kappa shape index (κ3) is 5.67. The van der Waals surface area contributed by atoms with Gasteiger partial charge in [0, 0.05) is 66.1 Å². The summed E-state index contributed by atoms with van der Waals surface area (Å²) in [5.74, 6) is 1.13. The van der Waals surface area contributed by atoms with Crippen LogP contribution in [0, 0.1) is 11.6 Å². The van der Waals surface area contributed by atoms with Gasteiger partial charge in [0.1, 0.15) is 11.6 Å². The molecule has 0 fully saturated rings. The molecule has 0 saturated heterocycles. The predicted molar refractivity (Wildman–Crippen MR) is 259 cm³/mol. The minimum absolute atomic E-state index is 0.307. The molecule has 4 heterocycles. The summed E-state index contributed by atoms with van der Waals surface area (Å²) in [4.78, 5) is 14.9. The molecule has 306 valence electrons. The Morgan fingerprint density at radius 1 is 0.292 bits per heavy atom. The van der Waals surface area contributed by atoms with Crippen molar-refractivity contribution < 1.29 is 8.78 Å². The third-order valence-electron chi connectivity index (χ3n) is 12.6. The Bertz CT molecular complexity index is 3940. The minimum Gasteiger partial charge on any atom is -0.308 e. The number of rotatable bonds is 6. The van der Waals surface area contributed by atoms with Crippen LogP contribution >= 0.6 is 0 Å². The fraction of sp³-hybridized carbons (Fsp3) is 0. The summed E-state index contributed by atoms with van der Waals surface area (Å²) < 4.78 is 36.9. The smallest absolute Gasteiger partial charge is 0.164 e. The number of aromatic nitrogens is 6. The van der Waals surface area contributed by atoms with Crippen LogP contribution in [0.3, 0.4) is 0 Å². The largest absolute Gasteiger partial charge is 0.308 e. The van der Waals surface area contributed by atoms with Gasteiger partial charge in [0.15, 0.2) is 17.5 Å². The lowest BCUT2D eigenvalue weighted by atomic mass is 10.0. The van der Waals surface area contributed by atoms with Crippen molar-refractivity contribution in [3.63, 3.8) is 0 Å². The number of benzene rings is 9. The van der Waals surface area contributed by atoms with E-state index >= 15 is 4.39 Å². The molecule has 0 bridgehead atoms. The molecule has 0 unspecified atom stereocenters. The topological polar surface area (TPSA) is 53.5 Å². The zero-order valence-corrected chi connectivity index (χ0v) is 34.6. The fourth-order valence-electron chi connectivity index (χ4n) is 9.86. The average molecular weight is 841 g/mol. The molecule has 0 atom stereocenters. The molecule has 0 saturated carbocycles. The van der Waals surface area contributed by atoms with Gasteiger partial charge < -0.3 is 13.7 Å². The summed E-state index contributed by atoms with van der Waals surface area (Å²) in [5, 5.41) is 6.22. The van der Waals surface area contributed by atoms with E-state index in [2.05, 4.69) is 98.6 Å². The zero-order valence-electron chi connectivity index (χ0n) is 34.6. The van der Waals surface area contributed by atoms with Crippen LogP contribution in [0.2, 0.25) is 0 Å². The number of para-hydroxylation sites is 3. The molecule has 0 aliphatic heterocycles. The van der Waals surface area contributed by atoms with E-state index < -0.39 is 0 Å². The van der Waals surface area contributed by atoms with E-state index in [1.165, 1.54) is 18.2 Å². The second kappa shape index (κ2) is 14.4. The van der Waals surface area contributed by atoms with Crippen LogP contribution in [0.5, 0.6) is 0 Å². The quantitative estimate of drug-likeness (QED) is 0.168. The second-order valence-electron chi connectivity index (χ2n) is 16.3. The van der Waals surface area contributed by atoms with Crippen LogP contribution in [-0.2, 0) is 0 Å². The molecule has 0 N–H and O–H groups in total. The van der Waals surface area contributed by atoms with Gasteiger partial charge in [0.2, 0.25) is 0 Å². The molecule has 4 aromatic heterocycles. The maximum absolute atomic E-state index is 15.4. The molecule has 0 radical (unpaired) electrons. The molecular formula is C57H34F2N6. The fourth-order valence-corrected chi connectivity index (χ4v) is 9.86. The Labute approximate surface area is 370 Å². The first-order chi connectivity index (χ1) is 32.1. The van der Waals surface area contributed by atoms with E-state index in [0.29, 0.717) is 23.2 Å². The van der Waals surface area contributed by atoms with Crippen LogP contribution in [-0.4, -0.2) is 28.7 Å². The van der Waals surface area contributed by atoms with Gasteiger partial charge in [-0.05, 0) is 84.9 Å². The van der Waals surface area contributed by atoms with Gasteiger partial charge in [0.25, 0.3) is 0 Å². The molecule has 13 rings (SSSR count). The standard InChI is InChI=1S/C57H34F2N6/c58-38-28-32-41(33-29-38)64-47-24-11-7-20-43(47)49-52-50(54-51(53(49)64)45-22-9-12-25-48(45)65(54)42-19-13-18-39(59)34-42)44-21-8-10-23-46(44)63(52)40-30-26-37(27-31-40)57-61-55(35-14-3-1-4-15-35)60-56(62-57)36-16-5-2-6-17-36/h1-34H. The van der Waals surface area contributed by atoms with Crippen molar-refractivity contribution in [2.45, 2.75) is 0 Å². The normalized spacial score (nSPS) is 11.8. The Morgan fingerprint density at radius 2 is 0.662 bits per heavy atom. The summed E-state index contributed by atoms with van der Waals surface area (Å²) >= 11 is 0. The lowest BCUT2D eigenvalue weighted by Crippen LogP contribution is -2.00. The zero-order chi connectivity index (χ0) is 43.2. The highest BCUT2D eigenvalue weighted by molar-refractivity contribution is 6.40. The molecule has 0 amide bonds. The molecule has 65 heavy (non-hydrogen) atoms. The molecule has 0 spiro atoms. The lowest BCUT2D eigenvalue weighted by Gasteiger charge is -2.14. The second-order valence-corrected chi connectivity index (χ2v) is 16.3. The van der Waals surface area contributed by atoms with Crippen molar-refractivity contribution in [2.24, 2.45) is 0 Å². The van der Waals surface area contributed by atoms with Crippen molar-refractivity contribution in [3.05, 3.63) is 218 Å². The lowest BCUT2D eigenvalue weighted by molar-refractivity contribution is 0.627. The van der Waals surface area contributed by atoms with E-state index in [0.717, 1.165) is 93.5 Å². The molecule has 13 aromatic rings. The van der Waals surface area contributed by atoms with Gasteiger partial charge in [-0.25, -0.2) is 23.7 Å². The Hall–Kier alpha value is -8.75. The number of hydrogen-bond donors (Lipinski definition) is 0. The first-order valence-corrected chi connectivity index (χ1v) is 21.5. The minimum atomic E-state index is -0.321. The van der Waals surface area contributed by atoms with Gasteiger partial charge >= 0.3 is 0 Å². The Kier molecular flexibility index (Phi) is 8.17. The van der Waals surface area contributed by atoms with Crippen molar-refractivity contribution in [3.8, 4) is 51.2 Å². The van der Waals surface area contributed by atoms with E-state index in [1.807, 2.05) is 91.0 Å². The highest BCUT2D eigenvalue weighted by Gasteiger charge is 2.29. The van der Waals surface area contributed by atoms with Crippen molar-refractivity contribution in [1.82, 2.24) is 28.7 Å². The highest BCUT2D eigenvalue weighted by atomic mass is 19.1. The van der Waals surface area contributed by atoms with Crippen molar-refractivity contribution in [1.29, 1.82) is 0 Å². The monoisotopic (exact) mass is 840 g/mol. The van der Waals surface area contributed by atoms with Crippen LogP contribution in [0.15, 0.2) is 206 Å². The molecule has 0 aliphatic rings. The maximum Gasteiger partial charge on any atom is 0.164 e. The van der Waals surface area contributed by atoms with Crippen molar-refractivity contribution >= 4 is 65.4 Å². The van der Waals surface area contributed by atoms with Gasteiger partial charge in [-0.1, -0.05) is 121 Å². The van der Waals surface area contributed by atoms with Crippen LogP contribution in [0.4, 0.5) is 8.78 Å². The van der Waals surface area contributed by atoms with E-state index in [9.17, 15) is 4.39 Å². The van der Waals surface area contributed by atoms with Gasteiger partial charge in [0.05, 0.1) is 33.1 Å². The van der Waals surface area contributed by atoms with Crippen LogP contribution < -0.4 is 0 Å². The summed E-state index contributed by atoms with van der Waals surface area (Å²) in [7, 11) is 0. The van der Waals surface area contributed by atoms with E-state index in [1.54, 1.807) is 12.1 Å². The van der Waals surface area contributed by atoms with Crippen molar-refractivity contribution in [2.75, 3.05) is 0 Å². The molecule has 9 aromatic carbocycles. The Morgan fingerprint density at radius 3 is 1.09 bits per heavy atom. The molecule has 0 aliphatic carbocycles. The van der Waals surface area contributed by atoms with E-state index in [-0.39, 0.29) is 11.6 Å². The molecule has 6 nitrogen and oxygen atoms in total. The first kappa shape index (κ1) is 36.9. The number of halogens is 2. The molecule has 8 heteroatoms. The third-order valence-corrected chi connectivity index (χ3v) is 12.6. The number of fused-ring (bicyclic) bond motifs is 12. The van der Waals surface area contributed by atoms with Gasteiger partial charge in [-0.2, -0.15) is 0 Å². The average Bonchev–Trinajstić information content (AvgIpc) is 4.01. The summed E-state index contributed by atoms with van der Waals surface area (Å²) in [6.07, 6.45) is 0. The summed E-state index contributed by atoms with van der Waals surface area (Å²) in [6, 6.07) is 67.2. The SMILES string of the molecule is Fc1ccc(-n2c3ccccc3c3c2c2c4ccccc4n(-c4cccc(F)c4)c2c2c4ccccc4n(-c4ccc(-c5nc(-c6ccccc6)nc(-c6ccccc6)n5)cc4)c32)cc1. The first-order valence-electron chi connectivity index (χ1n) is 21.5. The Balaban J connectivity index is 1.16.